The van der Waals surface area contributed by atoms with E-state index in [1.165, 1.54) is 18.4 Å². The fourth-order valence-electron chi connectivity index (χ4n) is 3.79. The number of anilines is 2. The zero-order valence-corrected chi connectivity index (χ0v) is 16.8. The van der Waals surface area contributed by atoms with Crippen LogP contribution in [0.4, 0.5) is 10.7 Å². The topological polar surface area (TPSA) is 93.6 Å². The molecule has 0 spiro atoms. The largest absolute Gasteiger partial charge is 0.465 e. The van der Waals surface area contributed by atoms with Crippen molar-refractivity contribution in [1.82, 2.24) is 9.55 Å². The number of methoxy groups -OCH3 is 1. The van der Waals surface area contributed by atoms with Crippen molar-refractivity contribution < 1.29 is 14.6 Å². The first kappa shape index (κ1) is 18.8. The molecular weight excluding hydrogens is 376 g/mol. The van der Waals surface area contributed by atoms with Crippen LogP contribution in [0.25, 0.3) is 21.5 Å². The number of aliphatic hydroxyl groups excluding tert-OH is 1. The number of esters is 1. The third kappa shape index (κ3) is 3.02. The van der Waals surface area contributed by atoms with E-state index in [2.05, 4.69) is 21.4 Å². The van der Waals surface area contributed by atoms with Crippen molar-refractivity contribution >= 4 is 39.0 Å². The minimum atomic E-state index is -0.432. The number of hydrogen-bond donors (Lipinski definition) is 2. The van der Waals surface area contributed by atoms with E-state index in [-0.39, 0.29) is 12.5 Å². The smallest absolute Gasteiger partial charge is 0.343 e. The third-order valence-electron chi connectivity index (χ3n) is 5.37. The number of aromatic nitrogens is 2. The highest BCUT2D eigenvalue weighted by molar-refractivity contribution is 7.20. The first-order chi connectivity index (χ1) is 13.6. The van der Waals surface area contributed by atoms with Crippen LogP contribution in [0.3, 0.4) is 0 Å². The summed E-state index contributed by atoms with van der Waals surface area (Å²) in [5.74, 6) is -0.217. The lowest BCUT2D eigenvalue weighted by Gasteiger charge is -2.17. The van der Waals surface area contributed by atoms with Crippen molar-refractivity contribution in [2.24, 2.45) is 5.92 Å². The van der Waals surface area contributed by atoms with Crippen LogP contribution in [0.2, 0.25) is 0 Å². The average molecular weight is 401 g/mol. The number of imidazole rings is 1. The van der Waals surface area contributed by atoms with Crippen LogP contribution in [-0.4, -0.2) is 47.4 Å². The second kappa shape index (κ2) is 7.44. The van der Waals surface area contributed by atoms with Gasteiger partial charge in [0.25, 0.3) is 0 Å². The maximum Gasteiger partial charge on any atom is 0.343 e. The van der Waals surface area contributed by atoms with Crippen molar-refractivity contribution in [2.75, 3.05) is 37.4 Å². The van der Waals surface area contributed by atoms with Crippen LogP contribution in [-0.2, 0) is 11.3 Å². The van der Waals surface area contributed by atoms with Gasteiger partial charge in [-0.25, -0.2) is 9.78 Å². The van der Waals surface area contributed by atoms with Gasteiger partial charge in [0.15, 0.2) is 0 Å². The minimum absolute atomic E-state index is 0.147. The van der Waals surface area contributed by atoms with Gasteiger partial charge in [0.2, 0.25) is 0 Å². The lowest BCUT2D eigenvalue weighted by Crippen LogP contribution is -2.22. The van der Waals surface area contributed by atoms with Crippen LogP contribution < -0.4 is 10.6 Å². The van der Waals surface area contributed by atoms with E-state index in [1.54, 1.807) is 0 Å². The van der Waals surface area contributed by atoms with Crippen molar-refractivity contribution in [3.63, 3.8) is 0 Å². The summed E-state index contributed by atoms with van der Waals surface area (Å²) in [6.07, 6.45) is 2.72. The van der Waals surface area contributed by atoms with Gasteiger partial charge < -0.3 is 25.0 Å². The standard InChI is InChI=1S/C20H24N4O3S/c1-3-23-11-22-14-8-13(4-5-15(14)23)18-17(21)16(20(26)27-2)19(28-18)24-7-6-12(9-24)10-25/h4-5,8,11-12,25H,3,6-7,9-10,21H2,1-2H3. The minimum Gasteiger partial charge on any atom is -0.465 e. The normalized spacial score (nSPS) is 16.8. The SMILES string of the molecule is CCn1cnc2cc(-c3sc(N4CCC(CO)C4)c(C(=O)OC)c3N)ccc21. The van der Waals surface area contributed by atoms with E-state index < -0.39 is 5.97 Å². The number of benzene rings is 1. The number of hydrogen-bond acceptors (Lipinski definition) is 7. The highest BCUT2D eigenvalue weighted by Crippen LogP contribution is 2.46. The number of carbonyl (C=O) groups is 1. The Labute approximate surface area is 167 Å². The highest BCUT2D eigenvalue weighted by Gasteiger charge is 2.31. The molecule has 1 aliphatic rings. The Balaban J connectivity index is 1.80. The predicted molar refractivity (Wildman–Crippen MR) is 112 cm³/mol. The van der Waals surface area contributed by atoms with E-state index in [4.69, 9.17) is 10.5 Å². The van der Waals surface area contributed by atoms with Crippen LogP contribution in [0.1, 0.15) is 23.7 Å². The van der Waals surface area contributed by atoms with E-state index >= 15 is 0 Å². The Morgan fingerprint density at radius 2 is 2.29 bits per heavy atom. The molecule has 4 rings (SSSR count). The van der Waals surface area contributed by atoms with Gasteiger partial charge in [-0.15, -0.1) is 11.3 Å². The quantitative estimate of drug-likeness (QED) is 0.640. The Bertz CT molecular complexity index is 1030. The predicted octanol–water partition coefficient (Wildman–Crippen LogP) is 2.97. The lowest BCUT2D eigenvalue weighted by atomic mass is 10.1. The first-order valence-corrected chi connectivity index (χ1v) is 10.2. The highest BCUT2D eigenvalue weighted by atomic mass is 32.1. The molecule has 0 aliphatic carbocycles. The second-order valence-corrected chi connectivity index (χ2v) is 8.03. The van der Waals surface area contributed by atoms with E-state index in [0.29, 0.717) is 17.8 Å². The zero-order valence-electron chi connectivity index (χ0n) is 16.0. The molecule has 0 radical (unpaired) electrons. The number of aryl methyl sites for hydroxylation is 1. The summed E-state index contributed by atoms with van der Waals surface area (Å²) in [7, 11) is 1.37. The molecule has 1 aromatic carbocycles. The summed E-state index contributed by atoms with van der Waals surface area (Å²) in [4.78, 5) is 19.9. The molecule has 0 amide bonds. The number of nitrogens with zero attached hydrogens (tertiary/aromatic N) is 3. The molecule has 1 unspecified atom stereocenters. The number of aliphatic hydroxyl groups is 1. The zero-order chi connectivity index (χ0) is 19.8. The van der Waals surface area contributed by atoms with Gasteiger partial charge in [0.1, 0.15) is 10.6 Å². The molecule has 148 valence electrons. The van der Waals surface area contributed by atoms with Crippen molar-refractivity contribution in [1.29, 1.82) is 0 Å². The molecule has 7 nitrogen and oxygen atoms in total. The molecule has 3 aromatic rings. The molecule has 1 aliphatic heterocycles. The van der Waals surface area contributed by atoms with Gasteiger partial charge >= 0.3 is 5.97 Å². The molecule has 2 aromatic heterocycles. The molecule has 3 N–H and O–H groups in total. The van der Waals surface area contributed by atoms with Crippen LogP contribution in [0.5, 0.6) is 0 Å². The molecule has 0 bridgehead atoms. The van der Waals surface area contributed by atoms with Crippen molar-refractivity contribution in [3.8, 4) is 10.4 Å². The molecule has 28 heavy (non-hydrogen) atoms. The van der Waals surface area contributed by atoms with Crippen LogP contribution >= 0.6 is 11.3 Å². The Morgan fingerprint density at radius 1 is 1.46 bits per heavy atom. The number of ether oxygens (including phenoxy) is 1. The fourth-order valence-corrected chi connectivity index (χ4v) is 5.03. The summed E-state index contributed by atoms with van der Waals surface area (Å²) >= 11 is 1.50. The molecule has 8 heteroatoms. The first-order valence-electron chi connectivity index (χ1n) is 9.39. The van der Waals surface area contributed by atoms with E-state index in [1.807, 2.05) is 24.5 Å². The van der Waals surface area contributed by atoms with Gasteiger partial charge in [0, 0.05) is 32.2 Å². The lowest BCUT2D eigenvalue weighted by molar-refractivity contribution is 0.0603. The number of thiophene rings is 1. The second-order valence-electron chi connectivity index (χ2n) is 7.03. The number of nitrogens with two attached hydrogens (primary N) is 1. The van der Waals surface area contributed by atoms with Gasteiger partial charge in [-0.2, -0.15) is 0 Å². The number of rotatable bonds is 5. The molecule has 1 atom stereocenters. The fraction of sp³-hybridized carbons (Fsp3) is 0.400. The van der Waals surface area contributed by atoms with E-state index in [0.717, 1.165) is 46.0 Å². The van der Waals surface area contributed by atoms with Gasteiger partial charge in [0.05, 0.1) is 35.0 Å². The van der Waals surface area contributed by atoms with Crippen molar-refractivity contribution in [2.45, 2.75) is 19.9 Å². The monoisotopic (exact) mass is 400 g/mol. The van der Waals surface area contributed by atoms with Crippen LogP contribution in [0, 0.1) is 5.92 Å². The molecule has 1 saturated heterocycles. The van der Waals surface area contributed by atoms with Crippen LogP contribution in [0.15, 0.2) is 24.5 Å². The van der Waals surface area contributed by atoms with Gasteiger partial charge in [-0.3, -0.25) is 0 Å². The van der Waals surface area contributed by atoms with Crippen molar-refractivity contribution in [3.05, 3.63) is 30.1 Å². The number of carbonyl (C=O) groups excluding carboxylic acids is 1. The molecule has 1 fully saturated rings. The number of fused-ring (bicyclic) bond motifs is 1. The maximum absolute atomic E-state index is 12.5. The van der Waals surface area contributed by atoms with Gasteiger partial charge in [-0.05, 0) is 31.0 Å². The Kier molecular flexibility index (Phi) is 4.99. The summed E-state index contributed by atoms with van der Waals surface area (Å²) in [6.45, 7) is 4.58. The van der Waals surface area contributed by atoms with Gasteiger partial charge in [-0.1, -0.05) is 6.07 Å². The van der Waals surface area contributed by atoms with E-state index in [9.17, 15) is 9.90 Å². The number of nitrogen functional groups attached to an aromatic ring is 1. The summed E-state index contributed by atoms with van der Waals surface area (Å²) in [5.41, 5.74) is 10.2. The summed E-state index contributed by atoms with van der Waals surface area (Å²) in [6, 6.07) is 6.06. The molecule has 0 saturated carbocycles. The summed E-state index contributed by atoms with van der Waals surface area (Å²) < 4.78 is 7.09. The Hall–Kier alpha value is -2.58. The third-order valence-corrected chi connectivity index (χ3v) is 6.69. The molecule has 3 heterocycles. The molecular formula is C20H24N4O3S. The summed E-state index contributed by atoms with van der Waals surface area (Å²) in [5, 5.41) is 10.3. The average Bonchev–Trinajstić information content (AvgIpc) is 3.43. The maximum atomic E-state index is 12.5. The Morgan fingerprint density at radius 3 is 2.96 bits per heavy atom.